The predicted molar refractivity (Wildman–Crippen MR) is 126 cm³/mol. The lowest BCUT2D eigenvalue weighted by Gasteiger charge is -2.46. The third-order valence-electron chi connectivity index (χ3n) is 7.75. The summed E-state index contributed by atoms with van der Waals surface area (Å²) in [5.41, 5.74) is 1.64. The summed E-state index contributed by atoms with van der Waals surface area (Å²) < 4.78 is 0. The highest BCUT2D eigenvalue weighted by molar-refractivity contribution is 6.34. The Hall–Kier alpha value is -2.42. The summed E-state index contributed by atoms with van der Waals surface area (Å²) in [5, 5.41) is 30.0. The van der Waals surface area contributed by atoms with Crippen molar-refractivity contribution in [3.8, 4) is 5.75 Å². The van der Waals surface area contributed by atoms with Crippen molar-refractivity contribution in [3.63, 3.8) is 0 Å². The largest absolute Gasteiger partial charge is 0.508 e. The van der Waals surface area contributed by atoms with Gasteiger partial charge in [-0.2, -0.15) is 0 Å². The molecule has 1 aromatic carbocycles. The van der Waals surface area contributed by atoms with Crippen molar-refractivity contribution in [2.45, 2.75) is 64.6 Å². The third kappa shape index (κ3) is 4.01. The summed E-state index contributed by atoms with van der Waals surface area (Å²) in [6.07, 6.45) is 1.93. The number of benzene rings is 1. The van der Waals surface area contributed by atoms with E-state index in [2.05, 4.69) is 4.90 Å². The monoisotopic (exact) mass is 490 g/mol. The number of phenolic OH excluding ortho intramolecular Hbond substituents is 1. The molecule has 0 unspecified atom stereocenters. The number of hydrogen-bond acceptors (Lipinski definition) is 6. The van der Waals surface area contributed by atoms with Gasteiger partial charge in [-0.05, 0) is 57.4 Å². The number of aliphatic hydroxyl groups is 1. The van der Waals surface area contributed by atoms with Gasteiger partial charge in [0.1, 0.15) is 11.4 Å². The number of likely N-dealkylation sites (tertiary alicyclic amines) is 1. The lowest BCUT2D eigenvalue weighted by molar-refractivity contribution is -0.163. The summed E-state index contributed by atoms with van der Waals surface area (Å²) in [6.45, 7) is 6.38. The molecular formula is C25H31ClN2O6. The molecule has 0 aliphatic carbocycles. The Labute approximate surface area is 203 Å². The number of β-lactam (4-membered cyclic amide) rings is 1. The zero-order chi connectivity index (χ0) is 24.9. The first-order valence-electron chi connectivity index (χ1n) is 11.8. The quantitative estimate of drug-likeness (QED) is 0.378. The number of Topliss-reactive ketones (excluding diaryl/α,β-unsaturated/α-hetero) is 1. The zero-order valence-corrected chi connectivity index (χ0v) is 20.4. The van der Waals surface area contributed by atoms with Gasteiger partial charge in [-0.3, -0.25) is 14.5 Å². The number of amides is 1. The molecule has 1 amide bonds. The van der Waals surface area contributed by atoms with Gasteiger partial charge < -0.3 is 20.2 Å². The summed E-state index contributed by atoms with van der Waals surface area (Å²) in [5.74, 6) is -2.22. The number of rotatable bonds is 8. The Morgan fingerprint density at radius 2 is 2.00 bits per heavy atom. The van der Waals surface area contributed by atoms with E-state index in [0.29, 0.717) is 36.1 Å². The van der Waals surface area contributed by atoms with E-state index in [0.717, 1.165) is 19.4 Å². The van der Waals surface area contributed by atoms with Gasteiger partial charge >= 0.3 is 5.97 Å². The standard InChI is InChI=1S/C25H31ClN2O6/c1-12-17(23(25(33)34)28-22(12)20(14(3)29)24(28)32)11-27-10-4-5-15(27)6-8-19(31)16-7-9-18(30)13(2)21(16)26/h7,9,12,14-15,20,22,29-30H,4-6,8,10-11H2,1-3H3,(H,33,34)/t12-,14+,15+,20+,22+/m0/s1. The van der Waals surface area contributed by atoms with Crippen LogP contribution in [0.3, 0.4) is 0 Å². The highest BCUT2D eigenvalue weighted by atomic mass is 35.5. The average molecular weight is 491 g/mol. The van der Waals surface area contributed by atoms with Crippen LogP contribution in [-0.4, -0.2) is 74.1 Å². The molecule has 3 aliphatic rings. The first kappa shape index (κ1) is 24.7. The molecule has 3 aliphatic heterocycles. The van der Waals surface area contributed by atoms with Crippen LogP contribution in [0.4, 0.5) is 0 Å². The van der Waals surface area contributed by atoms with Crippen LogP contribution in [-0.2, 0) is 9.59 Å². The van der Waals surface area contributed by atoms with Gasteiger partial charge in [0.25, 0.3) is 0 Å². The van der Waals surface area contributed by atoms with E-state index < -0.39 is 18.0 Å². The molecule has 9 heteroatoms. The molecule has 3 N–H and O–H groups in total. The fourth-order valence-corrected chi connectivity index (χ4v) is 6.09. The molecule has 5 atom stereocenters. The number of aliphatic hydroxyl groups excluding tert-OH is 1. The molecule has 3 heterocycles. The lowest BCUT2D eigenvalue weighted by atomic mass is 9.77. The molecule has 2 fully saturated rings. The normalized spacial score (nSPS) is 27.7. The fraction of sp³-hybridized carbons (Fsp3) is 0.560. The molecule has 0 radical (unpaired) electrons. The summed E-state index contributed by atoms with van der Waals surface area (Å²) >= 11 is 6.27. The Balaban J connectivity index is 1.47. The number of carboxylic acids is 1. The molecule has 184 valence electrons. The van der Waals surface area contributed by atoms with E-state index in [1.807, 2.05) is 6.92 Å². The Morgan fingerprint density at radius 1 is 1.29 bits per heavy atom. The van der Waals surface area contributed by atoms with Gasteiger partial charge in [0, 0.05) is 36.1 Å². The van der Waals surface area contributed by atoms with Crippen molar-refractivity contribution in [2.24, 2.45) is 11.8 Å². The number of aliphatic carboxylic acids is 1. The van der Waals surface area contributed by atoms with Gasteiger partial charge in [-0.1, -0.05) is 18.5 Å². The number of phenols is 1. The van der Waals surface area contributed by atoms with Crippen molar-refractivity contribution in [2.75, 3.05) is 13.1 Å². The predicted octanol–water partition coefficient (Wildman–Crippen LogP) is 2.98. The number of aromatic hydroxyl groups is 1. The van der Waals surface area contributed by atoms with E-state index in [1.165, 1.54) is 11.0 Å². The maximum atomic E-state index is 12.8. The molecule has 1 aromatic rings. The average Bonchev–Trinajstić information content (AvgIpc) is 3.31. The Morgan fingerprint density at radius 3 is 2.65 bits per heavy atom. The van der Waals surface area contributed by atoms with Crippen LogP contribution in [0.5, 0.6) is 5.75 Å². The Bertz CT molecular complexity index is 1070. The van der Waals surface area contributed by atoms with Crippen LogP contribution in [0, 0.1) is 18.8 Å². The second-order valence-corrected chi connectivity index (χ2v) is 10.1. The molecule has 0 bridgehead atoms. The van der Waals surface area contributed by atoms with E-state index in [-0.39, 0.29) is 46.2 Å². The highest BCUT2D eigenvalue weighted by Gasteiger charge is 2.59. The van der Waals surface area contributed by atoms with Crippen LogP contribution in [0.15, 0.2) is 23.4 Å². The van der Waals surface area contributed by atoms with Crippen LogP contribution < -0.4 is 0 Å². The summed E-state index contributed by atoms with van der Waals surface area (Å²) in [7, 11) is 0. The van der Waals surface area contributed by atoms with Crippen molar-refractivity contribution >= 4 is 29.3 Å². The van der Waals surface area contributed by atoms with Crippen LogP contribution in [0.25, 0.3) is 0 Å². The molecule has 8 nitrogen and oxygen atoms in total. The number of halogens is 1. The van der Waals surface area contributed by atoms with E-state index >= 15 is 0 Å². The number of carbonyl (C=O) groups is 3. The first-order chi connectivity index (χ1) is 16.0. The molecule has 2 saturated heterocycles. The Kier molecular flexibility index (Phi) is 6.77. The van der Waals surface area contributed by atoms with Crippen molar-refractivity contribution in [1.29, 1.82) is 0 Å². The first-order valence-corrected chi connectivity index (χ1v) is 12.1. The number of hydrogen-bond donors (Lipinski definition) is 3. The van der Waals surface area contributed by atoms with Crippen LogP contribution in [0.1, 0.15) is 55.5 Å². The van der Waals surface area contributed by atoms with Crippen molar-refractivity contribution in [1.82, 2.24) is 9.80 Å². The van der Waals surface area contributed by atoms with Crippen LogP contribution >= 0.6 is 11.6 Å². The number of carboxylic acid groups (broad SMARTS) is 1. The van der Waals surface area contributed by atoms with Crippen molar-refractivity contribution < 1.29 is 29.7 Å². The van der Waals surface area contributed by atoms with E-state index in [4.69, 9.17) is 11.6 Å². The third-order valence-corrected chi connectivity index (χ3v) is 8.24. The number of nitrogens with zero attached hydrogens (tertiary/aromatic N) is 2. The zero-order valence-electron chi connectivity index (χ0n) is 19.6. The second kappa shape index (κ2) is 9.32. The fourth-order valence-electron chi connectivity index (χ4n) is 5.83. The SMILES string of the molecule is Cc1c(O)ccc(C(=O)CC[C@H]2CCCN2CC2=C(C(=O)O)N3C(=O)[C@H]([C@@H](C)O)[C@H]3[C@H]2C)c1Cl. The van der Waals surface area contributed by atoms with Crippen LogP contribution in [0.2, 0.25) is 5.02 Å². The number of fused-ring (bicyclic) bond motifs is 1. The van der Waals surface area contributed by atoms with Gasteiger partial charge in [-0.25, -0.2) is 4.79 Å². The minimum Gasteiger partial charge on any atom is -0.508 e. The molecule has 34 heavy (non-hydrogen) atoms. The molecule has 0 spiro atoms. The smallest absolute Gasteiger partial charge is 0.352 e. The minimum atomic E-state index is -1.12. The topological polar surface area (TPSA) is 118 Å². The van der Waals surface area contributed by atoms with Gasteiger partial charge in [0.2, 0.25) is 5.91 Å². The molecular weight excluding hydrogens is 460 g/mol. The van der Waals surface area contributed by atoms with Gasteiger partial charge in [-0.15, -0.1) is 0 Å². The molecule has 0 aromatic heterocycles. The summed E-state index contributed by atoms with van der Waals surface area (Å²) in [4.78, 5) is 41.0. The highest BCUT2D eigenvalue weighted by Crippen LogP contribution is 2.47. The maximum Gasteiger partial charge on any atom is 0.352 e. The van der Waals surface area contributed by atoms with E-state index in [1.54, 1.807) is 19.9 Å². The molecule has 0 saturated carbocycles. The van der Waals surface area contributed by atoms with Gasteiger partial charge in [0.05, 0.1) is 23.1 Å². The van der Waals surface area contributed by atoms with E-state index in [9.17, 15) is 29.7 Å². The minimum absolute atomic E-state index is 0.0486. The maximum absolute atomic E-state index is 12.8. The number of carbonyl (C=O) groups excluding carboxylic acids is 2. The lowest BCUT2D eigenvalue weighted by Crippen LogP contribution is -2.63. The van der Waals surface area contributed by atoms with Crippen molar-refractivity contribution in [3.05, 3.63) is 39.6 Å². The molecule has 4 rings (SSSR count). The number of ketones is 1. The second-order valence-electron chi connectivity index (χ2n) is 9.73. The summed E-state index contributed by atoms with van der Waals surface area (Å²) in [6, 6.07) is 2.82. The van der Waals surface area contributed by atoms with Gasteiger partial charge in [0.15, 0.2) is 5.78 Å².